The van der Waals surface area contributed by atoms with Crippen LogP contribution in [0.15, 0.2) is 24.4 Å². The lowest BCUT2D eigenvalue weighted by molar-refractivity contribution is 0.401. The molecule has 1 aromatic heterocycles. The Morgan fingerprint density at radius 2 is 1.89 bits per heavy atom. The van der Waals surface area contributed by atoms with Crippen molar-refractivity contribution in [2.24, 2.45) is 5.84 Å². The first-order valence-electron chi connectivity index (χ1n) is 5.72. The van der Waals surface area contributed by atoms with Crippen molar-refractivity contribution >= 4 is 5.95 Å². The number of nitrogens with zero attached hydrogens (tertiary/aromatic N) is 2. The zero-order valence-electron chi connectivity index (χ0n) is 11.1. The third-order valence-electron chi connectivity index (χ3n) is 2.78. The van der Waals surface area contributed by atoms with Crippen molar-refractivity contribution in [1.82, 2.24) is 9.97 Å². The lowest BCUT2D eigenvalue weighted by atomic mass is 10.1. The molecule has 2 rings (SSSR count). The fourth-order valence-electron chi connectivity index (χ4n) is 1.83. The van der Waals surface area contributed by atoms with Gasteiger partial charge >= 0.3 is 0 Å². The zero-order chi connectivity index (χ0) is 13.8. The van der Waals surface area contributed by atoms with E-state index in [1.54, 1.807) is 26.5 Å². The molecule has 0 radical (unpaired) electrons. The number of ether oxygens (including phenoxy) is 2. The number of nitrogens with one attached hydrogen (secondary N) is 1. The van der Waals surface area contributed by atoms with E-state index < -0.39 is 0 Å². The molecule has 0 aliphatic heterocycles. The van der Waals surface area contributed by atoms with Crippen LogP contribution in [0.25, 0.3) is 11.3 Å². The summed E-state index contributed by atoms with van der Waals surface area (Å²) in [6.45, 7) is 1.96. The molecule has 0 fully saturated rings. The number of hydrogen-bond acceptors (Lipinski definition) is 6. The van der Waals surface area contributed by atoms with Gasteiger partial charge in [-0.25, -0.2) is 15.8 Å². The van der Waals surface area contributed by atoms with Crippen molar-refractivity contribution in [2.45, 2.75) is 6.92 Å². The maximum Gasteiger partial charge on any atom is 0.237 e. The molecule has 0 bridgehead atoms. The molecular formula is C13H16N4O2. The summed E-state index contributed by atoms with van der Waals surface area (Å²) >= 11 is 0. The molecular weight excluding hydrogens is 244 g/mol. The van der Waals surface area contributed by atoms with Crippen LogP contribution in [0.3, 0.4) is 0 Å². The topological polar surface area (TPSA) is 82.3 Å². The molecule has 100 valence electrons. The van der Waals surface area contributed by atoms with Crippen LogP contribution in [-0.2, 0) is 0 Å². The molecule has 6 heteroatoms. The number of rotatable bonds is 4. The molecule has 0 spiro atoms. The van der Waals surface area contributed by atoms with Gasteiger partial charge in [0.2, 0.25) is 5.95 Å². The number of benzene rings is 1. The Balaban J connectivity index is 2.58. The largest absolute Gasteiger partial charge is 0.496 e. The standard InChI is InChI=1S/C13H16N4O2/c1-8-6-12(19-3)9(7-11(8)18-2)10-4-5-15-13(16-10)17-14/h4-7H,14H2,1-3H3,(H,15,16,17). The van der Waals surface area contributed by atoms with Gasteiger partial charge in [0.15, 0.2) is 0 Å². The summed E-state index contributed by atoms with van der Waals surface area (Å²) in [7, 11) is 3.25. The van der Waals surface area contributed by atoms with Crippen molar-refractivity contribution in [3.05, 3.63) is 30.0 Å². The number of aromatic nitrogens is 2. The number of anilines is 1. The van der Waals surface area contributed by atoms with Crippen LogP contribution in [0.1, 0.15) is 5.56 Å². The number of hydrazine groups is 1. The third-order valence-corrected chi connectivity index (χ3v) is 2.78. The SMILES string of the molecule is COc1cc(-c2ccnc(NN)n2)c(OC)cc1C. The first-order valence-corrected chi connectivity index (χ1v) is 5.72. The van der Waals surface area contributed by atoms with Crippen LogP contribution < -0.4 is 20.7 Å². The number of aryl methyl sites for hydroxylation is 1. The molecule has 1 heterocycles. The second kappa shape index (κ2) is 5.53. The average Bonchev–Trinajstić information content (AvgIpc) is 2.46. The number of nitrogens with two attached hydrogens (primary N) is 1. The minimum Gasteiger partial charge on any atom is -0.496 e. The van der Waals surface area contributed by atoms with Crippen molar-refractivity contribution in [3.8, 4) is 22.8 Å². The second-order valence-electron chi connectivity index (χ2n) is 3.93. The average molecular weight is 260 g/mol. The second-order valence-corrected chi connectivity index (χ2v) is 3.93. The summed E-state index contributed by atoms with van der Waals surface area (Å²) in [5, 5.41) is 0. The molecule has 0 aliphatic carbocycles. The Labute approximate surface area is 111 Å². The van der Waals surface area contributed by atoms with Crippen molar-refractivity contribution < 1.29 is 9.47 Å². The lowest BCUT2D eigenvalue weighted by Gasteiger charge is -2.13. The van der Waals surface area contributed by atoms with E-state index in [1.165, 1.54) is 0 Å². The van der Waals surface area contributed by atoms with Gasteiger partial charge in [-0.3, -0.25) is 5.43 Å². The molecule has 3 N–H and O–H groups in total. The maximum atomic E-state index is 5.39. The molecule has 2 aromatic rings. The smallest absolute Gasteiger partial charge is 0.237 e. The summed E-state index contributed by atoms with van der Waals surface area (Å²) in [5.74, 6) is 7.16. The van der Waals surface area contributed by atoms with E-state index in [2.05, 4.69) is 15.4 Å². The number of nitrogen functional groups attached to an aromatic ring is 1. The van der Waals surface area contributed by atoms with Crippen LogP contribution in [-0.4, -0.2) is 24.2 Å². The Bertz CT molecular complexity index is 587. The Morgan fingerprint density at radius 1 is 1.16 bits per heavy atom. The molecule has 19 heavy (non-hydrogen) atoms. The fraction of sp³-hybridized carbons (Fsp3) is 0.231. The van der Waals surface area contributed by atoms with Crippen LogP contribution in [0, 0.1) is 6.92 Å². The highest BCUT2D eigenvalue weighted by molar-refractivity contribution is 5.70. The summed E-state index contributed by atoms with van der Waals surface area (Å²) in [6, 6.07) is 5.58. The van der Waals surface area contributed by atoms with Gasteiger partial charge in [-0.1, -0.05) is 0 Å². The van der Waals surface area contributed by atoms with E-state index in [4.69, 9.17) is 15.3 Å². The van der Waals surface area contributed by atoms with Crippen molar-refractivity contribution in [2.75, 3.05) is 19.6 Å². The molecule has 0 saturated heterocycles. The molecule has 0 unspecified atom stereocenters. The first kappa shape index (κ1) is 13.1. The Hall–Kier alpha value is -2.34. The lowest BCUT2D eigenvalue weighted by Crippen LogP contribution is -2.10. The van der Waals surface area contributed by atoms with Crippen LogP contribution in [0.5, 0.6) is 11.5 Å². The van der Waals surface area contributed by atoms with Crippen LogP contribution in [0.2, 0.25) is 0 Å². The molecule has 1 aromatic carbocycles. The van der Waals surface area contributed by atoms with Crippen molar-refractivity contribution in [1.29, 1.82) is 0 Å². The minimum atomic E-state index is 0.346. The molecule has 0 atom stereocenters. The van der Waals surface area contributed by atoms with Gasteiger partial charge in [-0.2, -0.15) is 0 Å². The van der Waals surface area contributed by atoms with Gasteiger partial charge in [0.1, 0.15) is 11.5 Å². The summed E-state index contributed by atoms with van der Waals surface area (Å²) in [6.07, 6.45) is 1.63. The molecule has 0 saturated carbocycles. The van der Waals surface area contributed by atoms with E-state index >= 15 is 0 Å². The van der Waals surface area contributed by atoms with E-state index in [0.717, 1.165) is 22.6 Å². The third kappa shape index (κ3) is 2.58. The van der Waals surface area contributed by atoms with Gasteiger partial charge < -0.3 is 9.47 Å². The zero-order valence-corrected chi connectivity index (χ0v) is 11.1. The highest BCUT2D eigenvalue weighted by atomic mass is 16.5. The van der Waals surface area contributed by atoms with E-state index in [-0.39, 0.29) is 0 Å². The normalized spacial score (nSPS) is 10.1. The van der Waals surface area contributed by atoms with Crippen molar-refractivity contribution in [3.63, 3.8) is 0 Å². The molecule has 6 nitrogen and oxygen atoms in total. The summed E-state index contributed by atoms with van der Waals surface area (Å²) < 4.78 is 10.7. The minimum absolute atomic E-state index is 0.346. The summed E-state index contributed by atoms with van der Waals surface area (Å²) in [5.41, 5.74) is 4.94. The van der Waals surface area contributed by atoms with Gasteiger partial charge in [-0.15, -0.1) is 0 Å². The predicted molar refractivity (Wildman–Crippen MR) is 73.1 cm³/mol. The van der Waals surface area contributed by atoms with E-state index in [0.29, 0.717) is 11.6 Å². The van der Waals surface area contributed by atoms with E-state index in [1.807, 2.05) is 19.1 Å². The van der Waals surface area contributed by atoms with Crippen LogP contribution >= 0.6 is 0 Å². The monoisotopic (exact) mass is 260 g/mol. The Morgan fingerprint density at radius 3 is 2.53 bits per heavy atom. The molecule has 0 aliphatic rings. The van der Waals surface area contributed by atoms with Gasteiger partial charge in [0, 0.05) is 11.8 Å². The molecule has 0 amide bonds. The van der Waals surface area contributed by atoms with Gasteiger partial charge in [0.25, 0.3) is 0 Å². The quantitative estimate of drug-likeness (QED) is 0.644. The predicted octanol–water partition coefficient (Wildman–Crippen LogP) is 1.75. The van der Waals surface area contributed by atoms with Crippen LogP contribution in [0.4, 0.5) is 5.95 Å². The first-order chi connectivity index (χ1) is 9.19. The Kier molecular flexibility index (Phi) is 3.82. The highest BCUT2D eigenvalue weighted by Gasteiger charge is 2.12. The highest BCUT2D eigenvalue weighted by Crippen LogP contribution is 2.34. The summed E-state index contributed by atoms with van der Waals surface area (Å²) in [4.78, 5) is 8.27. The fourth-order valence-corrected chi connectivity index (χ4v) is 1.83. The number of hydrogen-bond donors (Lipinski definition) is 2. The number of methoxy groups -OCH3 is 2. The van der Waals surface area contributed by atoms with E-state index in [9.17, 15) is 0 Å². The van der Waals surface area contributed by atoms with Gasteiger partial charge in [-0.05, 0) is 30.7 Å². The van der Waals surface area contributed by atoms with Gasteiger partial charge in [0.05, 0.1) is 19.9 Å². The maximum absolute atomic E-state index is 5.39.